The summed E-state index contributed by atoms with van der Waals surface area (Å²) in [4.78, 5) is 28.4. The third-order valence-corrected chi connectivity index (χ3v) is 8.01. The molecule has 194 valence electrons. The summed E-state index contributed by atoms with van der Waals surface area (Å²) in [5.41, 5.74) is 2.77. The summed E-state index contributed by atoms with van der Waals surface area (Å²) in [5, 5.41) is 2.72. The van der Waals surface area contributed by atoms with E-state index in [2.05, 4.69) is 10.0 Å². The Kier molecular flexibility index (Phi) is 8.74. The van der Waals surface area contributed by atoms with Crippen molar-refractivity contribution in [1.82, 2.24) is 14.9 Å². The Morgan fingerprint density at radius 1 is 0.865 bits per heavy atom. The molecule has 1 unspecified atom stereocenters. The highest BCUT2D eigenvalue weighted by molar-refractivity contribution is 7.89. The fraction of sp³-hybridized carbons (Fsp3) is 0.310. The maximum Gasteiger partial charge on any atom is 0.242 e. The van der Waals surface area contributed by atoms with Gasteiger partial charge in [0.05, 0.1) is 4.90 Å². The van der Waals surface area contributed by atoms with Crippen LogP contribution in [-0.2, 0) is 39.0 Å². The summed E-state index contributed by atoms with van der Waals surface area (Å²) >= 11 is 0. The average Bonchev–Trinajstić information content (AvgIpc) is 3.73. The van der Waals surface area contributed by atoms with Crippen LogP contribution in [0.4, 0.5) is 0 Å². The molecule has 3 aromatic carbocycles. The Bertz CT molecular complexity index is 1290. The first-order valence-corrected chi connectivity index (χ1v) is 14.0. The Labute approximate surface area is 218 Å². The predicted octanol–water partition coefficient (Wildman–Crippen LogP) is 3.45. The van der Waals surface area contributed by atoms with Crippen LogP contribution in [0.2, 0.25) is 0 Å². The van der Waals surface area contributed by atoms with Crippen LogP contribution in [-0.4, -0.2) is 44.3 Å². The van der Waals surface area contributed by atoms with Gasteiger partial charge in [-0.15, -0.1) is 0 Å². The molecule has 0 aliphatic heterocycles. The molecule has 2 amide bonds. The SMILES string of the molecule is CNC(=O)C(Cc1ccccc1)N(Cc1ccccc1)C(=O)CCc1ccc(S(=O)(=O)NC2CC2)cc1. The van der Waals surface area contributed by atoms with Gasteiger partial charge in [0.1, 0.15) is 6.04 Å². The molecule has 1 saturated carbocycles. The average molecular weight is 520 g/mol. The monoisotopic (exact) mass is 519 g/mol. The first-order valence-electron chi connectivity index (χ1n) is 12.6. The number of amides is 2. The van der Waals surface area contributed by atoms with Crippen LogP contribution in [0, 0.1) is 0 Å². The van der Waals surface area contributed by atoms with Crippen LogP contribution in [0.15, 0.2) is 89.8 Å². The van der Waals surface area contributed by atoms with Gasteiger partial charge in [-0.2, -0.15) is 0 Å². The van der Waals surface area contributed by atoms with Gasteiger partial charge in [-0.25, -0.2) is 13.1 Å². The standard InChI is InChI=1S/C29H33N3O4S/c1-30-29(34)27(20-23-8-4-2-5-9-23)32(21-24-10-6-3-7-11-24)28(33)19-14-22-12-17-26(18-13-22)37(35,36)31-25-15-16-25/h2-13,17-18,25,27,31H,14-16,19-21H2,1H3,(H,30,34). The van der Waals surface area contributed by atoms with E-state index < -0.39 is 16.1 Å². The van der Waals surface area contributed by atoms with E-state index in [0.717, 1.165) is 29.5 Å². The van der Waals surface area contributed by atoms with Gasteiger partial charge in [0.25, 0.3) is 0 Å². The lowest BCUT2D eigenvalue weighted by molar-refractivity contribution is -0.141. The van der Waals surface area contributed by atoms with Crippen LogP contribution in [0.1, 0.15) is 36.0 Å². The Morgan fingerprint density at radius 2 is 1.46 bits per heavy atom. The number of carbonyl (C=O) groups excluding carboxylic acids is 2. The van der Waals surface area contributed by atoms with Crippen LogP contribution in [0.5, 0.6) is 0 Å². The fourth-order valence-corrected chi connectivity index (χ4v) is 5.52. The zero-order chi connectivity index (χ0) is 26.3. The molecule has 8 heteroatoms. The Morgan fingerprint density at radius 3 is 2.03 bits per heavy atom. The lowest BCUT2D eigenvalue weighted by Crippen LogP contribution is -2.49. The normalized spacial score (nSPS) is 14.1. The molecule has 0 bridgehead atoms. The van der Waals surface area contributed by atoms with Crippen molar-refractivity contribution in [2.75, 3.05) is 7.05 Å². The van der Waals surface area contributed by atoms with Crippen LogP contribution >= 0.6 is 0 Å². The zero-order valence-electron chi connectivity index (χ0n) is 21.0. The first-order chi connectivity index (χ1) is 17.9. The van der Waals surface area contributed by atoms with Gasteiger partial charge in [0.2, 0.25) is 21.8 Å². The summed E-state index contributed by atoms with van der Waals surface area (Å²) in [6, 6.07) is 25.3. The molecule has 37 heavy (non-hydrogen) atoms. The van der Waals surface area contributed by atoms with E-state index in [-0.39, 0.29) is 29.2 Å². The lowest BCUT2D eigenvalue weighted by atomic mass is 10.0. The van der Waals surface area contributed by atoms with E-state index in [1.807, 2.05) is 60.7 Å². The van der Waals surface area contributed by atoms with Crippen LogP contribution in [0.3, 0.4) is 0 Å². The molecule has 1 atom stereocenters. The number of nitrogens with zero attached hydrogens (tertiary/aromatic N) is 1. The highest BCUT2D eigenvalue weighted by atomic mass is 32.2. The molecule has 0 aromatic heterocycles. The van der Waals surface area contributed by atoms with Crippen molar-refractivity contribution in [3.8, 4) is 0 Å². The maximum atomic E-state index is 13.6. The van der Waals surface area contributed by atoms with Crippen molar-refractivity contribution < 1.29 is 18.0 Å². The Hall–Kier alpha value is -3.49. The van der Waals surface area contributed by atoms with Crippen molar-refractivity contribution >= 4 is 21.8 Å². The number of benzene rings is 3. The molecule has 0 saturated heterocycles. The minimum absolute atomic E-state index is 0.0436. The lowest BCUT2D eigenvalue weighted by Gasteiger charge is -2.31. The second kappa shape index (κ2) is 12.2. The van der Waals surface area contributed by atoms with Crippen molar-refractivity contribution in [2.24, 2.45) is 0 Å². The maximum absolute atomic E-state index is 13.6. The molecule has 0 spiro atoms. The molecule has 4 rings (SSSR count). The second-order valence-corrected chi connectivity index (χ2v) is 11.1. The van der Waals surface area contributed by atoms with Crippen molar-refractivity contribution in [3.63, 3.8) is 0 Å². The smallest absolute Gasteiger partial charge is 0.242 e. The van der Waals surface area contributed by atoms with E-state index in [4.69, 9.17) is 0 Å². The van der Waals surface area contributed by atoms with E-state index in [9.17, 15) is 18.0 Å². The second-order valence-electron chi connectivity index (χ2n) is 9.37. The molecule has 2 N–H and O–H groups in total. The van der Waals surface area contributed by atoms with Gasteiger partial charge in [-0.3, -0.25) is 9.59 Å². The molecule has 1 fully saturated rings. The molecule has 7 nitrogen and oxygen atoms in total. The molecule has 1 aliphatic rings. The fourth-order valence-electron chi connectivity index (χ4n) is 4.22. The highest BCUT2D eigenvalue weighted by Gasteiger charge is 2.30. The van der Waals surface area contributed by atoms with Crippen molar-refractivity contribution in [2.45, 2.75) is 55.6 Å². The van der Waals surface area contributed by atoms with Crippen LogP contribution < -0.4 is 10.0 Å². The number of hydrogen-bond donors (Lipinski definition) is 2. The molecule has 0 heterocycles. The van der Waals surface area contributed by atoms with Gasteiger partial charge in [-0.1, -0.05) is 72.8 Å². The molecule has 1 aliphatic carbocycles. The zero-order valence-corrected chi connectivity index (χ0v) is 21.8. The van der Waals surface area contributed by atoms with Gasteiger partial charge in [-0.05, 0) is 48.1 Å². The number of sulfonamides is 1. The third kappa shape index (κ3) is 7.50. The van der Waals surface area contributed by atoms with Gasteiger partial charge in [0.15, 0.2) is 0 Å². The molecular weight excluding hydrogens is 486 g/mol. The number of hydrogen-bond acceptors (Lipinski definition) is 4. The molecular formula is C29H33N3O4S. The quantitative estimate of drug-likeness (QED) is 0.383. The number of nitrogens with one attached hydrogen (secondary N) is 2. The van der Waals surface area contributed by atoms with E-state index in [1.54, 1.807) is 36.2 Å². The minimum Gasteiger partial charge on any atom is -0.357 e. The summed E-state index contributed by atoms with van der Waals surface area (Å²) in [5.74, 6) is -0.355. The van der Waals surface area contributed by atoms with Gasteiger partial charge < -0.3 is 10.2 Å². The summed E-state index contributed by atoms with van der Waals surface area (Å²) in [6.07, 6.45) is 2.79. The highest BCUT2D eigenvalue weighted by Crippen LogP contribution is 2.23. The molecule has 0 radical (unpaired) electrons. The third-order valence-electron chi connectivity index (χ3n) is 6.47. The topological polar surface area (TPSA) is 95.6 Å². The van der Waals surface area contributed by atoms with E-state index >= 15 is 0 Å². The number of aryl methyl sites for hydroxylation is 1. The number of rotatable bonds is 12. The first kappa shape index (κ1) is 26.6. The van der Waals surface area contributed by atoms with Crippen molar-refractivity contribution in [1.29, 1.82) is 0 Å². The van der Waals surface area contributed by atoms with Crippen LogP contribution in [0.25, 0.3) is 0 Å². The predicted molar refractivity (Wildman–Crippen MR) is 143 cm³/mol. The summed E-state index contributed by atoms with van der Waals surface area (Å²) in [6.45, 7) is 0.314. The number of likely N-dealkylation sites (N-methyl/N-ethyl adjacent to an activating group) is 1. The van der Waals surface area contributed by atoms with E-state index in [1.165, 1.54) is 0 Å². The minimum atomic E-state index is -3.52. The summed E-state index contributed by atoms with van der Waals surface area (Å²) in [7, 11) is -1.93. The summed E-state index contributed by atoms with van der Waals surface area (Å²) < 4.78 is 27.5. The largest absolute Gasteiger partial charge is 0.357 e. The van der Waals surface area contributed by atoms with Gasteiger partial charge >= 0.3 is 0 Å². The van der Waals surface area contributed by atoms with Gasteiger partial charge in [0, 0.05) is 32.5 Å². The number of carbonyl (C=O) groups is 2. The Balaban J connectivity index is 1.50. The van der Waals surface area contributed by atoms with E-state index in [0.29, 0.717) is 19.4 Å². The molecule has 3 aromatic rings. The van der Waals surface area contributed by atoms with Crippen molar-refractivity contribution in [3.05, 3.63) is 102 Å².